The smallest absolute Gasteiger partial charge is 0.189 e. The summed E-state index contributed by atoms with van der Waals surface area (Å²) in [5.41, 5.74) is 7.27. The van der Waals surface area contributed by atoms with E-state index in [0.717, 1.165) is 15.3 Å². The zero-order chi connectivity index (χ0) is 12.5. The second-order valence-corrected chi connectivity index (χ2v) is 5.20. The number of rotatable bonds is 2. The van der Waals surface area contributed by atoms with Crippen molar-refractivity contribution >= 4 is 49.8 Å². The lowest BCUT2D eigenvalue weighted by Crippen LogP contribution is -1.94. The monoisotopic (exact) mass is 276 g/mol. The largest absolute Gasteiger partial charge is 0.399 e. The van der Waals surface area contributed by atoms with Gasteiger partial charge in [0, 0.05) is 23.0 Å². The minimum atomic E-state index is 0.664. The number of nitrogens with one attached hydrogen (secondary N) is 1. The van der Waals surface area contributed by atoms with Gasteiger partial charge in [-0.05, 0) is 24.3 Å². The highest BCUT2D eigenvalue weighted by Gasteiger charge is 2.05. The molecule has 3 rings (SSSR count). The fraction of sp³-hybridized carbons (Fsp3) is 0. The number of fused-ring (bicyclic) bond motifs is 1. The summed E-state index contributed by atoms with van der Waals surface area (Å²) in [5, 5.41) is 4.60. The molecule has 6 heteroatoms. The van der Waals surface area contributed by atoms with E-state index in [4.69, 9.17) is 17.3 Å². The minimum Gasteiger partial charge on any atom is -0.399 e. The maximum Gasteiger partial charge on any atom is 0.189 e. The summed E-state index contributed by atoms with van der Waals surface area (Å²) in [4.78, 5) is 8.62. The van der Waals surface area contributed by atoms with Gasteiger partial charge in [0.05, 0.1) is 10.2 Å². The second kappa shape index (κ2) is 4.44. The van der Waals surface area contributed by atoms with Crippen LogP contribution in [0.2, 0.25) is 5.02 Å². The summed E-state index contributed by atoms with van der Waals surface area (Å²) in [5.74, 6) is 0.681. The van der Waals surface area contributed by atoms with Crippen molar-refractivity contribution in [1.82, 2.24) is 9.97 Å². The molecule has 1 aromatic carbocycles. The number of aromatic nitrogens is 2. The molecule has 0 saturated heterocycles. The van der Waals surface area contributed by atoms with E-state index in [-0.39, 0.29) is 0 Å². The van der Waals surface area contributed by atoms with E-state index in [1.807, 2.05) is 18.2 Å². The Hall–Kier alpha value is -1.85. The molecule has 90 valence electrons. The number of pyridine rings is 1. The number of nitrogen functional groups attached to an aromatic ring is 1. The van der Waals surface area contributed by atoms with Gasteiger partial charge >= 0.3 is 0 Å². The van der Waals surface area contributed by atoms with E-state index in [9.17, 15) is 0 Å². The van der Waals surface area contributed by atoms with Gasteiger partial charge in [0.25, 0.3) is 0 Å². The molecule has 3 aromatic rings. The second-order valence-electron chi connectivity index (χ2n) is 3.73. The Morgan fingerprint density at radius 3 is 2.94 bits per heavy atom. The first-order valence-corrected chi connectivity index (χ1v) is 6.45. The number of hydrogen-bond acceptors (Lipinski definition) is 5. The van der Waals surface area contributed by atoms with Crippen LogP contribution < -0.4 is 11.1 Å². The van der Waals surface area contributed by atoms with Gasteiger partial charge in [-0.25, -0.2) is 9.97 Å². The summed E-state index contributed by atoms with van der Waals surface area (Å²) in [6, 6.07) is 9.12. The van der Waals surface area contributed by atoms with Crippen LogP contribution in [0.3, 0.4) is 0 Å². The third-order valence-electron chi connectivity index (χ3n) is 2.37. The Balaban J connectivity index is 1.95. The number of thiazole rings is 1. The summed E-state index contributed by atoms with van der Waals surface area (Å²) in [7, 11) is 0. The molecule has 0 fully saturated rings. The predicted molar refractivity (Wildman–Crippen MR) is 76.6 cm³/mol. The SMILES string of the molecule is Nc1ccnc(Nc2nc3ccc(Cl)cc3s2)c1. The molecule has 0 aliphatic carbocycles. The molecule has 0 bridgehead atoms. The van der Waals surface area contributed by atoms with Crippen LogP contribution in [0.1, 0.15) is 0 Å². The third kappa shape index (κ3) is 2.23. The lowest BCUT2D eigenvalue weighted by Gasteiger charge is -2.01. The van der Waals surface area contributed by atoms with Crippen LogP contribution in [0.25, 0.3) is 10.2 Å². The van der Waals surface area contributed by atoms with Crippen LogP contribution in [-0.2, 0) is 0 Å². The van der Waals surface area contributed by atoms with Crippen LogP contribution in [-0.4, -0.2) is 9.97 Å². The molecule has 0 atom stereocenters. The number of nitrogens with two attached hydrogens (primary N) is 1. The van der Waals surface area contributed by atoms with Crippen molar-refractivity contribution < 1.29 is 0 Å². The van der Waals surface area contributed by atoms with Crippen molar-refractivity contribution in [3.63, 3.8) is 0 Å². The van der Waals surface area contributed by atoms with E-state index < -0.39 is 0 Å². The van der Waals surface area contributed by atoms with Gasteiger partial charge in [-0.1, -0.05) is 22.9 Å². The first-order valence-electron chi connectivity index (χ1n) is 5.25. The molecule has 0 spiro atoms. The number of benzene rings is 1. The standard InChI is InChI=1S/C12H9ClN4S/c13-7-1-2-9-10(5-7)18-12(16-9)17-11-6-8(14)3-4-15-11/h1-6H,(H3,14,15,16,17). The van der Waals surface area contributed by atoms with E-state index in [0.29, 0.717) is 16.5 Å². The lowest BCUT2D eigenvalue weighted by atomic mass is 10.3. The van der Waals surface area contributed by atoms with Gasteiger partial charge in [-0.15, -0.1) is 0 Å². The van der Waals surface area contributed by atoms with Crippen LogP contribution in [0.4, 0.5) is 16.6 Å². The fourth-order valence-corrected chi connectivity index (χ4v) is 2.73. The van der Waals surface area contributed by atoms with Gasteiger partial charge in [-0.3, -0.25) is 0 Å². The van der Waals surface area contributed by atoms with E-state index in [1.165, 1.54) is 11.3 Å². The molecule has 2 aromatic heterocycles. The normalized spacial score (nSPS) is 10.7. The number of anilines is 3. The molecule has 2 heterocycles. The van der Waals surface area contributed by atoms with Crippen molar-refractivity contribution in [3.8, 4) is 0 Å². The molecule has 0 unspecified atom stereocenters. The molecule has 0 aliphatic heterocycles. The van der Waals surface area contributed by atoms with Gasteiger partial charge in [0.2, 0.25) is 0 Å². The van der Waals surface area contributed by atoms with Gasteiger partial charge in [0.1, 0.15) is 5.82 Å². The Kier molecular flexibility index (Phi) is 2.77. The number of nitrogens with zero attached hydrogens (tertiary/aromatic N) is 2. The highest BCUT2D eigenvalue weighted by molar-refractivity contribution is 7.22. The van der Waals surface area contributed by atoms with Crippen molar-refractivity contribution in [3.05, 3.63) is 41.6 Å². The fourth-order valence-electron chi connectivity index (χ4n) is 1.58. The van der Waals surface area contributed by atoms with Gasteiger partial charge in [-0.2, -0.15) is 0 Å². The van der Waals surface area contributed by atoms with E-state index in [2.05, 4.69) is 15.3 Å². The van der Waals surface area contributed by atoms with Crippen LogP contribution in [0, 0.1) is 0 Å². The first-order chi connectivity index (χ1) is 8.70. The first kappa shape index (κ1) is 11.3. The summed E-state index contributed by atoms with van der Waals surface area (Å²) in [6.45, 7) is 0. The average molecular weight is 277 g/mol. The van der Waals surface area contributed by atoms with Gasteiger partial charge < -0.3 is 11.1 Å². The topological polar surface area (TPSA) is 63.8 Å². The quantitative estimate of drug-likeness (QED) is 0.749. The maximum absolute atomic E-state index is 5.94. The molecule has 0 radical (unpaired) electrons. The molecule has 0 aliphatic rings. The number of halogens is 1. The Labute approximate surface area is 112 Å². The predicted octanol–water partition coefficient (Wildman–Crippen LogP) is 3.67. The third-order valence-corrected chi connectivity index (χ3v) is 3.54. The van der Waals surface area contributed by atoms with Crippen LogP contribution in [0.5, 0.6) is 0 Å². The van der Waals surface area contributed by atoms with Crippen molar-refractivity contribution in [2.45, 2.75) is 0 Å². The van der Waals surface area contributed by atoms with E-state index in [1.54, 1.807) is 18.3 Å². The summed E-state index contributed by atoms with van der Waals surface area (Å²) in [6.07, 6.45) is 1.65. The van der Waals surface area contributed by atoms with E-state index >= 15 is 0 Å². The van der Waals surface area contributed by atoms with Crippen LogP contribution >= 0.6 is 22.9 Å². The van der Waals surface area contributed by atoms with Crippen molar-refractivity contribution in [1.29, 1.82) is 0 Å². The molecule has 3 N–H and O–H groups in total. The Bertz CT molecular complexity index is 710. The lowest BCUT2D eigenvalue weighted by molar-refractivity contribution is 1.30. The molecule has 18 heavy (non-hydrogen) atoms. The van der Waals surface area contributed by atoms with Crippen molar-refractivity contribution in [2.24, 2.45) is 0 Å². The summed E-state index contributed by atoms with van der Waals surface area (Å²) < 4.78 is 1.04. The average Bonchev–Trinajstić information content (AvgIpc) is 2.70. The highest BCUT2D eigenvalue weighted by atomic mass is 35.5. The number of hydrogen-bond donors (Lipinski definition) is 2. The molecular formula is C12H9ClN4S. The maximum atomic E-state index is 5.94. The molecular weight excluding hydrogens is 268 g/mol. The van der Waals surface area contributed by atoms with Crippen LogP contribution in [0.15, 0.2) is 36.5 Å². The Morgan fingerprint density at radius 1 is 1.22 bits per heavy atom. The Morgan fingerprint density at radius 2 is 2.11 bits per heavy atom. The zero-order valence-corrected chi connectivity index (χ0v) is 10.8. The minimum absolute atomic E-state index is 0.664. The molecule has 0 saturated carbocycles. The highest BCUT2D eigenvalue weighted by Crippen LogP contribution is 2.29. The zero-order valence-electron chi connectivity index (χ0n) is 9.22. The summed E-state index contributed by atoms with van der Waals surface area (Å²) >= 11 is 7.46. The van der Waals surface area contributed by atoms with Gasteiger partial charge in [0.15, 0.2) is 5.13 Å². The molecule has 0 amide bonds. The molecule has 4 nitrogen and oxygen atoms in total. The van der Waals surface area contributed by atoms with Crippen molar-refractivity contribution in [2.75, 3.05) is 11.1 Å².